The molecule has 78 valence electrons. The summed E-state index contributed by atoms with van der Waals surface area (Å²) in [6, 6.07) is 0. The van der Waals surface area contributed by atoms with E-state index in [4.69, 9.17) is 0 Å². The van der Waals surface area contributed by atoms with Gasteiger partial charge < -0.3 is 0 Å². The third kappa shape index (κ3) is 2.50. The van der Waals surface area contributed by atoms with Gasteiger partial charge in [-0.1, -0.05) is 30.2 Å². The molecule has 0 bridgehead atoms. The Labute approximate surface area is 88.1 Å². The highest BCUT2D eigenvalue weighted by Crippen LogP contribution is 2.31. The molecule has 0 saturated heterocycles. The average Bonchev–Trinajstić information content (AvgIpc) is 2.23. The predicted molar refractivity (Wildman–Crippen MR) is 62.3 cm³/mol. The van der Waals surface area contributed by atoms with Crippen LogP contribution in [0.4, 0.5) is 0 Å². The van der Waals surface area contributed by atoms with Crippen molar-refractivity contribution in [1.29, 1.82) is 0 Å². The Kier molecular flexibility index (Phi) is 3.44. The second-order valence-electron chi connectivity index (χ2n) is 4.90. The molecule has 0 aromatic carbocycles. The molecule has 0 aromatic rings. The van der Waals surface area contributed by atoms with E-state index in [1.807, 2.05) is 0 Å². The van der Waals surface area contributed by atoms with Crippen LogP contribution in [-0.2, 0) is 0 Å². The van der Waals surface area contributed by atoms with Crippen LogP contribution in [0.25, 0.3) is 0 Å². The van der Waals surface area contributed by atoms with Crippen molar-refractivity contribution in [1.82, 2.24) is 0 Å². The van der Waals surface area contributed by atoms with E-state index in [9.17, 15) is 0 Å². The van der Waals surface area contributed by atoms with Gasteiger partial charge >= 0.3 is 0 Å². The molecule has 2 aliphatic carbocycles. The Morgan fingerprint density at radius 3 is 2.71 bits per heavy atom. The second kappa shape index (κ2) is 4.82. The number of rotatable bonds is 2. The Bertz CT molecular complexity index is 245. The summed E-state index contributed by atoms with van der Waals surface area (Å²) in [5, 5.41) is 0. The lowest BCUT2D eigenvalue weighted by atomic mass is 9.83. The van der Waals surface area contributed by atoms with E-state index in [2.05, 4.69) is 19.1 Å². The van der Waals surface area contributed by atoms with Gasteiger partial charge in [-0.15, -0.1) is 0 Å². The monoisotopic (exact) mass is 190 g/mol. The van der Waals surface area contributed by atoms with Gasteiger partial charge in [0, 0.05) is 0 Å². The second-order valence-corrected chi connectivity index (χ2v) is 4.90. The zero-order valence-electron chi connectivity index (χ0n) is 9.39. The van der Waals surface area contributed by atoms with Crippen LogP contribution in [0.3, 0.4) is 0 Å². The van der Waals surface area contributed by atoms with Crippen molar-refractivity contribution in [3.8, 4) is 0 Å². The first-order valence-corrected chi connectivity index (χ1v) is 6.23. The first kappa shape index (κ1) is 10.0. The van der Waals surface area contributed by atoms with Crippen LogP contribution in [-0.4, -0.2) is 0 Å². The fraction of sp³-hybridized carbons (Fsp3) is 0.714. The highest BCUT2D eigenvalue weighted by atomic mass is 14.2. The smallest absolute Gasteiger partial charge is 0.0106 e. The van der Waals surface area contributed by atoms with Gasteiger partial charge in [-0.3, -0.25) is 0 Å². The van der Waals surface area contributed by atoms with E-state index in [1.54, 1.807) is 11.1 Å². The van der Waals surface area contributed by atoms with E-state index < -0.39 is 0 Å². The number of hydrogen-bond acceptors (Lipinski definition) is 0. The van der Waals surface area contributed by atoms with E-state index in [0.717, 1.165) is 5.92 Å². The number of hydrogen-bond donors (Lipinski definition) is 0. The van der Waals surface area contributed by atoms with Crippen molar-refractivity contribution in [3.63, 3.8) is 0 Å². The van der Waals surface area contributed by atoms with Crippen molar-refractivity contribution in [2.45, 2.75) is 58.3 Å². The normalized spacial score (nSPS) is 28.2. The summed E-state index contributed by atoms with van der Waals surface area (Å²) in [4.78, 5) is 0. The summed E-state index contributed by atoms with van der Waals surface area (Å²) >= 11 is 0. The minimum Gasteiger partial charge on any atom is -0.0850 e. The maximum Gasteiger partial charge on any atom is -0.0106 e. The lowest BCUT2D eigenvalue weighted by molar-refractivity contribution is 0.535. The highest BCUT2D eigenvalue weighted by molar-refractivity contribution is 5.20. The van der Waals surface area contributed by atoms with Crippen molar-refractivity contribution >= 4 is 0 Å². The van der Waals surface area contributed by atoms with Gasteiger partial charge in [0.05, 0.1) is 0 Å². The standard InChI is InChI=1S/C14H22/c1-12-7-5-6-10-14(12)11-13-8-3-2-4-9-13/h8,10,12H,2-7,9,11H2,1H3/t12-/m0/s1. The van der Waals surface area contributed by atoms with Gasteiger partial charge in [-0.05, 0) is 57.3 Å². The molecule has 0 aliphatic heterocycles. The molecule has 0 spiro atoms. The Morgan fingerprint density at radius 2 is 2.00 bits per heavy atom. The van der Waals surface area contributed by atoms with Crippen LogP contribution in [0.2, 0.25) is 0 Å². The van der Waals surface area contributed by atoms with Gasteiger partial charge in [-0.2, -0.15) is 0 Å². The van der Waals surface area contributed by atoms with Crippen LogP contribution in [0.15, 0.2) is 23.3 Å². The van der Waals surface area contributed by atoms with Crippen molar-refractivity contribution in [2.75, 3.05) is 0 Å². The van der Waals surface area contributed by atoms with Crippen molar-refractivity contribution < 1.29 is 0 Å². The summed E-state index contributed by atoms with van der Waals surface area (Å²) in [5.41, 5.74) is 3.45. The summed E-state index contributed by atoms with van der Waals surface area (Å²) in [6.07, 6.45) is 16.0. The van der Waals surface area contributed by atoms with Crippen molar-refractivity contribution in [3.05, 3.63) is 23.3 Å². The topological polar surface area (TPSA) is 0 Å². The third-order valence-electron chi connectivity index (χ3n) is 3.70. The zero-order chi connectivity index (χ0) is 9.80. The maximum absolute atomic E-state index is 2.50. The van der Waals surface area contributed by atoms with E-state index in [1.165, 1.54) is 51.4 Å². The summed E-state index contributed by atoms with van der Waals surface area (Å²) in [7, 11) is 0. The molecular formula is C14H22. The molecular weight excluding hydrogens is 168 g/mol. The van der Waals surface area contributed by atoms with Crippen LogP contribution in [0.5, 0.6) is 0 Å². The highest BCUT2D eigenvalue weighted by Gasteiger charge is 2.14. The van der Waals surface area contributed by atoms with Gasteiger partial charge in [0.25, 0.3) is 0 Å². The molecule has 0 heteroatoms. The summed E-state index contributed by atoms with van der Waals surface area (Å²) in [5.74, 6) is 0.853. The molecule has 14 heavy (non-hydrogen) atoms. The van der Waals surface area contributed by atoms with Crippen LogP contribution in [0.1, 0.15) is 58.3 Å². The van der Waals surface area contributed by atoms with Crippen LogP contribution in [0, 0.1) is 5.92 Å². The van der Waals surface area contributed by atoms with E-state index in [-0.39, 0.29) is 0 Å². The molecule has 1 atom stereocenters. The predicted octanol–water partition coefficient (Wildman–Crippen LogP) is 4.62. The molecule has 0 amide bonds. The molecule has 0 aromatic heterocycles. The first-order chi connectivity index (χ1) is 6.86. The third-order valence-corrected chi connectivity index (χ3v) is 3.70. The largest absolute Gasteiger partial charge is 0.0850 e. The molecule has 0 heterocycles. The number of allylic oxidation sites excluding steroid dienone is 4. The molecule has 0 radical (unpaired) electrons. The maximum atomic E-state index is 2.50. The quantitative estimate of drug-likeness (QED) is 0.557. The van der Waals surface area contributed by atoms with Gasteiger partial charge in [-0.25, -0.2) is 0 Å². The lowest BCUT2D eigenvalue weighted by Gasteiger charge is -2.23. The van der Waals surface area contributed by atoms with E-state index in [0.29, 0.717) is 0 Å². The molecule has 0 N–H and O–H groups in total. The van der Waals surface area contributed by atoms with Gasteiger partial charge in [0.15, 0.2) is 0 Å². The molecule has 0 unspecified atom stereocenters. The lowest BCUT2D eigenvalue weighted by Crippen LogP contribution is -2.06. The Morgan fingerprint density at radius 1 is 1.14 bits per heavy atom. The van der Waals surface area contributed by atoms with Gasteiger partial charge in [0.1, 0.15) is 0 Å². The molecule has 2 aliphatic rings. The Hall–Kier alpha value is -0.520. The van der Waals surface area contributed by atoms with Crippen LogP contribution >= 0.6 is 0 Å². The molecule has 0 nitrogen and oxygen atoms in total. The van der Waals surface area contributed by atoms with Crippen molar-refractivity contribution in [2.24, 2.45) is 5.92 Å². The molecule has 0 saturated carbocycles. The Balaban J connectivity index is 1.95. The summed E-state index contributed by atoms with van der Waals surface area (Å²) in [6.45, 7) is 2.40. The SMILES string of the molecule is C[C@H]1CCCC=C1CC1=CCCCC1. The summed E-state index contributed by atoms with van der Waals surface area (Å²) < 4.78 is 0. The van der Waals surface area contributed by atoms with Crippen LogP contribution < -0.4 is 0 Å². The zero-order valence-corrected chi connectivity index (χ0v) is 9.39. The fourth-order valence-corrected chi connectivity index (χ4v) is 2.67. The van der Waals surface area contributed by atoms with E-state index >= 15 is 0 Å². The minimum absolute atomic E-state index is 0.853. The molecule has 0 fully saturated rings. The first-order valence-electron chi connectivity index (χ1n) is 6.23. The average molecular weight is 190 g/mol. The molecule has 2 rings (SSSR count). The fourth-order valence-electron chi connectivity index (χ4n) is 2.67. The minimum atomic E-state index is 0.853. The van der Waals surface area contributed by atoms with Gasteiger partial charge in [0.2, 0.25) is 0 Å².